The van der Waals surface area contributed by atoms with E-state index in [2.05, 4.69) is 30.6 Å². The minimum absolute atomic E-state index is 0.0205. The number of pyridine rings is 1. The number of anilines is 2. The first-order valence-corrected chi connectivity index (χ1v) is 12.6. The second kappa shape index (κ2) is 12.6. The maximum atomic E-state index is 13.6. The molecular formula is C28H34FN9O. The number of carbonyl (C=O) groups excluding carboxylic acids is 1. The zero-order chi connectivity index (χ0) is 28.7. The number of aliphatic imine (C=N–C) groups is 2. The number of nitrogens with one attached hydrogen (secondary N) is 4. The lowest BCUT2D eigenvalue weighted by Crippen LogP contribution is -2.38. The van der Waals surface area contributed by atoms with Gasteiger partial charge >= 0.3 is 0 Å². The molecule has 1 unspecified atom stereocenters. The van der Waals surface area contributed by atoms with Gasteiger partial charge in [-0.05, 0) is 44.5 Å². The number of carbonyl (C=O) groups is 1. The summed E-state index contributed by atoms with van der Waals surface area (Å²) < 4.78 is 13.6. The second-order valence-electron chi connectivity index (χ2n) is 8.50. The van der Waals surface area contributed by atoms with Crippen molar-refractivity contribution in [1.29, 1.82) is 5.41 Å². The molecule has 0 fully saturated rings. The minimum atomic E-state index is -0.730. The highest BCUT2D eigenvalue weighted by Crippen LogP contribution is 2.20. The Hall–Kier alpha value is -4.80. The van der Waals surface area contributed by atoms with Crippen LogP contribution in [0.4, 0.5) is 15.9 Å². The molecule has 1 aliphatic rings. The van der Waals surface area contributed by atoms with Gasteiger partial charge in [0.05, 0.1) is 11.5 Å². The Morgan fingerprint density at radius 3 is 2.67 bits per heavy atom. The molecule has 11 heteroatoms. The molecule has 8 N–H and O–H groups in total. The Labute approximate surface area is 226 Å². The summed E-state index contributed by atoms with van der Waals surface area (Å²) in [6.45, 7) is 9.68. The largest absolute Gasteiger partial charge is 0.398 e. The number of fused-ring (bicyclic) bond motifs is 1. The van der Waals surface area contributed by atoms with Crippen LogP contribution in [0.2, 0.25) is 0 Å². The average Bonchev–Trinajstić information content (AvgIpc) is 3.31. The van der Waals surface area contributed by atoms with E-state index in [1.54, 1.807) is 37.4 Å². The predicted molar refractivity (Wildman–Crippen MR) is 158 cm³/mol. The molecule has 0 radical (unpaired) electrons. The summed E-state index contributed by atoms with van der Waals surface area (Å²) >= 11 is 0. The van der Waals surface area contributed by atoms with Crippen molar-refractivity contribution < 1.29 is 9.18 Å². The number of hydrogen-bond donors (Lipinski definition) is 6. The van der Waals surface area contributed by atoms with E-state index in [1.807, 2.05) is 27.7 Å². The first-order chi connectivity index (χ1) is 18.7. The van der Waals surface area contributed by atoms with Crippen molar-refractivity contribution in [3.63, 3.8) is 0 Å². The smallest absolute Gasteiger partial charge is 0.269 e. The molecule has 1 aliphatic heterocycles. The van der Waals surface area contributed by atoms with E-state index < -0.39 is 18.0 Å². The number of aromatic nitrogens is 2. The van der Waals surface area contributed by atoms with Gasteiger partial charge in [0.1, 0.15) is 12.0 Å². The summed E-state index contributed by atoms with van der Waals surface area (Å²) in [4.78, 5) is 28.9. The molecule has 10 nitrogen and oxygen atoms in total. The van der Waals surface area contributed by atoms with Crippen LogP contribution in [0.5, 0.6) is 0 Å². The first-order valence-electron chi connectivity index (χ1n) is 12.6. The number of rotatable bonds is 7. The monoisotopic (exact) mass is 531 g/mol. The summed E-state index contributed by atoms with van der Waals surface area (Å²) in [5.74, 6) is -0.892. The average molecular weight is 532 g/mol. The molecule has 3 heterocycles. The van der Waals surface area contributed by atoms with Crippen LogP contribution >= 0.6 is 0 Å². The number of halogens is 1. The van der Waals surface area contributed by atoms with E-state index in [4.69, 9.17) is 16.9 Å². The first kappa shape index (κ1) is 28.8. The maximum absolute atomic E-state index is 13.6. The van der Waals surface area contributed by atoms with Gasteiger partial charge in [-0.15, -0.1) is 0 Å². The number of H-pyrrole nitrogens is 1. The van der Waals surface area contributed by atoms with Gasteiger partial charge in [-0.2, -0.15) is 4.39 Å². The fraction of sp³-hybridized carbons (Fsp3) is 0.250. The lowest BCUT2D eigenvalue weighted by Gasteiger charge is -2.20. The van der Waals surface area contributed by atoms with Crippen molar-refractivity contribution >= 4 is 57.7 Å². The van der Waals surface area contributed by atoms with Crippen LogP contribution in [0.15, 0.2) is 52.6 Å². The third kappa shape index (κ3) is 6.03. The molecule has 3 aromatic rings. The fourth-order valence-corrected chi connectivity index (χ4v) is 4.18. The standard InChI is InChI=1S/C26H28FN9O.C2H6/c1-4-13(2)21-22-16(10-28)17(29)7-8-18(22)34-23(21)24(25(30)37)33-14(3)15-6-5-9-32-26(15)36-20-12-31-11-19(27)35-20;1-2/h5-12,20,28,34-35H,4,29H2,1-3H3,(H2,30,37)(H,32,36);1-2H3/b21-13+,24-23+,28-10?,33-14?;. The van der Waals surface area contributed by atoms with Gasteiger partial charge in [-0.1, -0.05) is 26.3 Å². The predicted octanol–water partition coefficient (Wildman–Crippen LogP) is 3.03. The van der Waals surface area contributed by atoms with Gasteiger partial charge in [0, 0.05) is 57.3 Å². The molecule has 204 valence electrons. The van der Waals surface area contributed by atoms with Crippen molar-refractivity contribution in [2.75, 3.05) is 11.1 Å². The summed E-state index contributed by atoms with van der Waals surface area (Å²) in [6.07, 6.45) is 5.43. The molecule has 1 aromatic carbocycles. The third-order valence-electron chi connectivity index (χ3n) is 6.10. The summed E-state index contributed by atoms with van der Waals surface area (Å²) in [5.41, 5.74) is 15.7. The highest BCUT2D eigenvalue weighted by atomic mass is 19.1. The Balaban J connectivity index is 0.00000205. The molecule has 2 aromatic heterocycles. The van der Waals surface area contributed by atoms with Crippen LogP contribution in [0, 0.1) is 5.41 Å². The van der Waals surface area contributed by atoms with E-state index in [-0.39, 0.29) is 5.70 Å². The highest BCUT2D eigenvalue weighted by molar-refractivity contribution is 6.17. The molecule has 0 saturated heterocycles. The number of hydrogen-bond acceptors (Lipinski definition) is 8. The van der Waals surface area contributed by atoms with Gasteiger partial charge in [0.25, 0.3) is 5.91 Å². The number of primary amides is 1. The molecule has 0 aliphatic carbocycles. The summed E-state index contributed by atoms with van der Waals surface area (Å²) in [7, 11) is 0. The van der Waals surface area contributed by atoms with Gasteiger partial charge in [-0.3, -0.25) is 9.79 Å². The minimum Gasteiger partial charge on any atom is -0.398 e. The van der Waals surface area contributed by atoms with E-state index in [0.29, 0.717) is 45.6 Å². The van der Waals surface area contributed by atoms with Crippen molar-refractivity contribution in [3.05, 3.63) is 64.3 Å². The zero-order valence-corrected chi connectivity index (χ0v) is 22.7. The number of nitrogens with two attached hydrogens (primary N) is 2. The molecule has 0 saturated carbocycles. The van der Waals surface area contributed by atoms with Crippen LogP contribution in [-0.4, -0.2) is 40.2 Å². The maximum Gasteiger partial charge on any atom is 0.269 e. The topological polar surface area (TPSA) is 170 Å². The Bertz CT molecular complexity index is 1620. The fourth-order valence-electron chi connectivity index (χ4n) is 4.18. The van der Waals surface area contributed by atoms with E-state index >= 15 is 0 Å². The molecule has 4 rings (SSSR count). The zero-order valence-electron chi connectivity index (χ0n) is 22.7. The normalized spacial score (nSPS) is 16.4. The van der Waals surface area contributed by atoms with E-state index in [0.717, 1.165) is 22.4 Å². The highest BCUT2D eigenvalue weighted by Gasteiger charge is 2.18. The van der Waals surface area contributed by atoms with Crippen LogP contribution in [0.3, 0.4) is 0 Å². The Kier molecular flexibility index (Phi) is 9.32. The number of nitrogen functional groups attached to an aromatic ring is 1. The van der Waals surface area contributed by atoms with Gasteiger partial charge in [0.15, 0.2) is 5.70 Å². The number of amides is 1. The van der Waals surface area contributed by atoms with Crippen molar-refractivity contribution in [3.8, 4) is 0 Å². The van der Waals surface area contributed by atoms with Crippen LogP contribution in [0.1, 0.15) is 52.2 Å². The summed E-state index contributed by atoms with van der Waals surface area (Å²) in [6, 6.07) is 7.02. The Morgan fingerprint density at radius 2 is 2.03 bits per heavy atom. The second-order valence-corrected chi connectivity index (χ2v) is 8.50. The number of benzene rings is 1. The lowest BCUT2D eigenvalue weighted by atomic mass is 10.0. The van der Waals surface area contributed by atoms with Crippen LogP contribution in [0.25, 0.3) is 22.2 Å². The van der Waals surface area contributed by atoms with E-state index in [1.165, 1.54) is 12.4 Å². The molecule has 39 heavy (non-hydrogen) atoms. The molecule has 0 spiro atoms. The van der Waals surface area contributed by atoms with Crippen LogP contribution < -0.4 is 32.7 Å². The van der Waals surface area contributed by atoms with Crippen molar-refractivity contribution in [1.82, 2.24) is 15.3 Å². The Morgan fingerprint density at radius 1 is 1.28 bits per heavy atom. The molecule has 1 amide bonds. The van der Waals surface area contributed by atoms with Gasteiger partial charge in [0.2, 0.25) is 5.95 Å². The molecule has 0 bridgehead atoms. The molecule has 1 atom stereocenters. The lowest BCUT2D eigenvalue weighted by molar-refractivity contribution is -0.113. The van der Waals surface area contributed by atoms with Crippen molar-refractivity contribution in [2.24, 2.45) is 15.7 Å². The SMILES string of the molecule is CC.CC/C(C)=c1/c(=C(\N=C(C)c2cccnc2NC2C=NC=C(F)N2)C(N)=O)[nH]c2ccc(N)c(C=N)c12. The van der Waals surface area contributed by atoms with E-state index in [9.17, 15) is 9.18 Å². The number of nitrogens with zero attached hydrogens (tertiary/aromatic N) is 3. The molecular weight excluding hydrogens is 497 g/mol. The number of aromatic amines is 1. The van der Waals surface area contributed by atoms with Gasteiger partial charge in [-0.25, -0.2) is 9.98 Å². The quantitative estimate of drug-likeness (QED) is 0.156. The van der Waals surface area contributed by atoms with Crippen molar-refractivity contribution in [2.45, 2.75) is 47.2 Å². The summed E-state index contributed by atoms with van der Waals surface area (Å²) in [5, 5.41) is 15.5. The van der Waals surface area contributed by atoms with Gasteiger partial charge < -0.3 is 32.5 Å². The van der Waals surface area contributed by atoms with Crippen LogP contribution in [-0.2, 0) is 4.79 Å². The third-order valence-corrected chi connectivity index (χ3v) is 6.10.